The third-order valence-electron chi connectivity index (χ3n) is 4.43. The Morgan fingerprint density at radius 1 is 0.969 bits per heavy atom. The highest BCUT2D eigenvalue weighted by molar-refractivity contribution is 5.89. The van der Waals surface area contributed by atoms with Crippen LogP contribution in [0.3, 0.4) is 0 Å². The lowest BCUT2D eigenvalue weighted by Gasteiger charge is -2.14. The highest BCUT2D eigenvalue weighted by Gasteiger charge is 2.40. The van der Waals surface area contributed by atoms with Crippen LogP contribution in [-0.4, -0.2) is 5.97 Å². The molecule has 0 aliphatic rings. The monoisotopic (exact) mass is 444 g/mol. The molecule has 9 heteroatoms. The van der Waals surface area contributed by atoms with Gasteiger partial charge in [-0.15, -0.1) is 0 Å². The summed E-state index contributed by atoms with van der Waals surface area (Å²) < 4.78 is 61.5. The van der Waals surface area contributed by atoms with Crippen molar-refractivity contribution < 1.29 is 36.3 Å². The normalized spacial score (nSPS) is 11.5. The molecule has 4 rings (SSSR count). The van der Waals surface area contributed by atoms with Crippen molar-refractivity contribution in [1.29, 1.82) is 0 Å². The number of esters is 1. The molecule has 6 nitrogen and oxygen atoms in total. The van der Waals surface area contributed by atoms with E-state index in [0.717, 1.165) is 17.2 Å². The van der Waals surface area contributed by atoms with Gasteiger partial charge in [0.1, 0.15) is 17.1 Å². The van der Waals surface area contributed by atoms with E-state index in [1.165, 1.54) is 42.7 Å². The topological polar surface area (TPSA) is 78.9 Å². The van der Waals surface area contributed by atoms with E-state index in [-0.39, 0.29) is 22.6 Å². The molecule has 0 unspecified atom stereocenters. The predicted octanol–water partition coefficient (Wildman–Crippen LogP) is 6.03. The molecule has 0 atom stereocenters. The fraction of sp³-hybridized carbons (Fsp3) is 0.130. The second-order valence-corrected chi connectivity index (χ2v) is 7.04. The summed E-state index contributed by atoms with van der Waals surface area (Å²) in [5.41, 5.74) is 0.0741. The number of alkyl halides is 3. The average Bonchev–Trinajstić information content (AvgIpc) is 3.23. The lowest BCUT2D eigenvalue weighted by Crippen LogP contribution is -2.15. The van der Waals surface area contributed by atoms with Gasteiger partial charge in [0.05, 0.1) is 11.6 Å². The molecule has 0 aliphatic carbocycles. The molecule has 0 fully saturated rings. The first-order valence-electron chi connectivity index (χ1n) is 9.32. The maximum Gasteiger partial charge on any atom is 0.453 e. The number of halogens is 3. The minimum absolute atomic E-state index is 0.0728. The summed E-state index contributed by atoms with van der Waals surface area (Å²) in [6.07, 6.45) is -3.74. The van der Waals surface area contributed by atoms with Crippen molar-refractivity contribution in [2.75, 3.05) is 0 Å². The van der Waals surface area contributed by atoms with Gasteiger partial charge >= 0.3 is 12.1 Å². The van der Waals surface area contributed by atoms with E-state index >= 15 is 0 Å². The van der Waals surface area contributed by atoms with E-state index in [9.17, 15) is 22.8 Å². The number of ether oxygens (including phenoxy) is 2. The van der Waals surface area contributed by atoms with E-state index in [1.807, 2.05) is 6.07 Å². The third kappa shape index (κ3) is 4.22. The molecule has 4 aromatic rings. The zero-order valence-corrected chi connectivity index (χ0v) is 16.8. The number of fused-ring (bicyclic) bond motifs is 1. The summed E-state index contributed by atoms with van der Waals surface area (Å²) in [7, 11) is 0. The van der Waals surface area contributed by atoms with Gasteiger partial charge in [0, 0.05) is 6.07 Å². The number of benzene rings is 2. The third-order valence-corrected chi connectivity index (χ3v) is 4.43. The molecule has 0 saturated carbocycles. The number of carbonyl (C=O) groups is 1. The Morgan fingerprint density at radius 2 is 1.69 bits per heavy atom. The van der Waals surface area contributed by atoms with Gasteiger partial charge < -0.3 is 18.3 Å². The van der Waals surface area contributed by atoms with Gasteiger partial charge in [-0.2, -0.15) is 13.2 Å². The summed E-state index contributed by atoms with van der Waals surface area (Å²) in [4.78, 5) is 24.9. The van der Waals surface area contributed by atoms with Crippen molar-refractivity contribution in [3.63, 3.8) is 0 Å². The van der Waals surface area contributed by atoms with Crippen LogP contribution in [0.5, 0.6) is 17.2 Å². The van der Waals surface area contributed by atoms with Gasteiger partial charge in [-0.05, 0) is 61.4 Å². The van der Waals surface area contributed by atoms with Crippen molar-refractivity contribution in [3.8, 4) is 17.2 Å². The van der Waals surface area contributed by atoms with Crippen molar-refractivity contribution >= 4 is 16.9 Å². The van der Waals surface area contributed by atoms with Gasteiger partial charge in [-0.3, -0.25) is 4.79 Å². The Kier molecular flexibility index (Phi) is 5.25. The van der Waals surface area contributed by atoms with Crippen LogP contribution < -0.4 is 14.9 Å². The molecule has 0 amide bonds. The van der Waals surface area contributed by atoms with Crippen LogP contribution in [0.4, 0.5) is 13.2 Å². The van der Waals surface area contributed by atoms with E-state index < -0.39 is 34.7 Å². The van der Waals surface area contributed by atoms with Gasteiger partial charge in [0.15, 0.2) is 0 Å². The van der Waals surface area contributed by atoms with Crippen LogP contribution in [0.1, 0.15) is 27.4 Å². The lowest BCUT2D eigenvalue weighted by molar-refractivity contribution is -0.154. The van der Waals surface area contributed by atoms with Gasteiger partial charge in [0.2, 0.25) is 16.9 Å². The second-order valence-electron chi connectivity index (χ2n) is 7.04. The number of carbonyl (C=O) groups excluding carboxylic acids is 1. The van der Waals surface area contributed by atoms with Gasteiger partial charge in [-0.25, -0.2) is 4.79 Å². The van der Waals surface area contributed by atoms with Crippen LogP contribution in [0, 0.1) is 13.8 Å². The Labute approximate surface area is 178 Å². The van der Waals surface area contributed by atoms with Crippen LogP contribution in [0.25, 0.3) is 11.0 Å². The molecule has 32 heavy (non-hydrogen) atoms. The molecule has 0 bridgehead atoms. The highest BCUT2D eigenvalue weighted by atomic mass is 19.4. The minimum atomic E-state index is -5.01. The lowest BCUT2D eigenvalue weighted by atomic mass is 10.1. The number of hydrogen-bond acceptors (Lipinski definition) is 6. The maximum atomic E-state index is 13.7. The molecule has 2 aromatic heterocycles. The summed E-state index contributed by atoms with van der Waals surface area (Å²) in [5.74, 6) is -3.58. The quantitative estimate of drug-likeness (QED) is 0.282. The van der Waals surface area contributed by atoms with Gasteiger partial charge in [0.25, 0.3) is 5.76 Å². The molecule has 0 radical (unpaired) electrons. The van der Waals surface area contributed by atoms with E-state index in [0.29, 0.717) is 0 Å². The zero-order chi connectivity index (χ0) is 23.0. The number of hydrogen-bond donors (Lipinski definition) is 0. The van der Waals surface area contributed by atoms with Crippen molar-refractivity contribution in [2.24, 2.45) is 0 Å². The Balaban J connectivity index is 1.79. The van der Waals surface area contributed by atoms with Crippen molar-refractivity contribution in [3.05, 3.63) is 87.7 Å². The van der Waals surface area contributed by atoms with Crippen molar-refractivity contribution in [2.45, 2.75) is 20.0 Å². The number of furan rings is 1. The first-order chi connectivity index (χ1) is 15.1. The summed E-state index contributed by atoms with van der Waals surface area (Å²) in [5, 5.41) is -0.171. The number of aryl methyl sites for hydroxylation is 2. The zero-order valence-electron chi connectivity index (χ0n) is 16.8. The minimum Gasteiger partial charge on any atom is -0.457 e. The molecule has 0 saturated heterocycles. The summed E-state index contributed by atoms with van der Waals surface area (Å²) in [6, 6.07) is 11.1. The Bertz CT molecular complexity index is 1350. The largest absolute Gasteiger partial charge is 0.457 e. The van der Waals surface area contributed by atoms with E-state index in [1.54, 1.807) is 13.8 Å². The maximum absolute atomic E-state index is 13.7. The van der Waals surface area contributed by atoms with E-state index in [4.69, 9.17) is 18.3 Å². The standard InChI is InChI=1S/C23H15F3O6/c1-12-8-13(2)10-15(9-12)30-20-19(27)16-6-5-14(31-22(28)17-4-3-7-29-17)11-18(16)32-21(20)23(24,25)26/h3-11H,1-2H3. The van der Waals surface area contributed by atoms with Crippen LogP contribution in [0.15, 0.2) is 68.4 Å². The fourth-order valence-electron chi connectivity index (χ4n) is 3.16. The smallest absolute Gasteiger partial charge is 0.453 e. The molecule has 164 valence electrons. The summed E-state index contributed by atoms with van der Waals surface area (Å²) in [6.45, 7) is 3.50. The molecular weight excluding hydrogens is 429 g/mol. The Hall–Kier alpha value is -4.01. The van der Waals surface area contributed by atoms with Crippen molar-refractivity contribution in [1.82, 2.24) is 0 Å². The van der Waals surface area contributed by atoms with Crippen LogP contribution in [-0.2, 0) is 6.18 Å². The summed E-state index contributed by atoms with van der Waals surface area (Å²) >= 11 is 0. The first-order valence-corrected chi connectivity index (χ1v) is 9.32. The molecule has 0 spiro atoms. The molecule has 2 aromatic carbocycles. The Morgan fingerprint density at radius 3 is 2.31 bits per heavy atom. The van der Waals surface area contributed by atoms with Crippen LogP contribution >= 0.6 is 0 Å². The first kappa shape index (κ1) is 21.2. The van der Waals surface area contributed by atoms with Gasteiger partial charge in [-0.1, -0.05) is 6.07 Å². The molecular formula is C23H15F3O6. The molecule has 0 aliphatic heterocycles. The molecule has 0 N–H and O–H groups in total. The predicted molar refractivity (Wildman–Crippen MR) is 107 cm³/mol. The fourth-order valence-corrected chi connectivity index (χ4v) is 3.16. The highest BCUT2D eigenvalue weighted by Crippen LogP contribution is 2.39. The average molecular weight is 444 g/mol. The van der Waals surface area contributed by atoms with E-state index in [2.05, 4.69) is 0 Å². The second kappa shape index (κ2) is 7.92. The molecule has 2 heterocycles. The van der Waals surface area contributed by atoms with Crippen LogP contribution in [0.2, 0.25) is 0 Å². The number of rotatable bonds is 4. The SMILES string of the molecule is Cc1cc(C)cc(Oc2c(C(F)(F)F)oc3cc(OC(=O)c4ccco4)ccc3c2=O)c1.